The van der Waals surface area contributed by atoms with Crippen LogP contribution in [0.1, 0.15) is 44.6 Å². The Bertz CT molecular complexity index is 805. The predicted octanol–water partition coefficient (Wildman–Crippen LogP) is 1.32. The molecule has 5 nitrogen and oxygen atoms in total. The van der Waals surface area contributed by atoms with E-state index in [1.807, 2.05) is 0 Å². The Labute approximate surface area is 198 Å². The molecule has 2 aromatic carbocycles. The Morgan fingerprint density at radius 2 is 1.62 bits per heavy atom. The van der Waals surface area contributed by atoms with Crippen molar-refractivity contribution >= 4 is 10.1 Å². The zero-order valence-corrected chi connectivity index (χ0v) is 19.2. The van der Waals surface area contributed by atoms with Gasteiger partial charge in [-0.05, 0) is 36.6 Å². The van der Waals surface area contributed by atoms with Gasteiger partial charge in [0.05, 0.1) is 0 Å². The largest absolute Gasteiger partial charge is 1.00 e. The fourth-order valence-electron chi connectivity index (χ4n) is 2.66. The second-order valence-corrected chi connectivity index (χ2v) is 7.31. The van der Waals surface area contributed by atoms with Crippen LogP contribution in [0.4, 0.5) is 0 Å². The van der Waals surface area contributed by atoms with Crippen LogP contribution in [-0.4, -0.2) is 13.0 Å². The Hall–Kier alpha value is -0.414. The molecule has 2 aromatic rings. The molecule has 7 heteroatoms. The summed E-state index contributed by atoms with van der Waals surface area (Å²) >= 11 is 0. The van der Waals surface area contributed by atoms with Crippen LogP contribution >= 0.6 is 0 Å². The summed E-state index contributed by atoms with van der Waals surface area (Å²) in [5.41, 5.74) is 0.532. The van der Waals surface area contributed by atoms with Gasteiger partial charge in [-0.3, -0.25) is 4.55 Å². The molecule has 0 aromatic heterocycles. The molecule has 0 unspecified atom stereocenters. The molecule has 0 fully saturated rings. The molecule has 0 saturated carbocycles. The zero-order chi connectivity index (χ0) is 18.3. The number of hydrogen-bond acceptors (Lipinski definition) is 4. The van der Waals surface area contributed by atoms with Crippen molar-refractivity contribution in [1.29, 1.82) is 0 Å². The van der Waals surface area contributed by atoms with Gasteiger partial charge in [-0.15, -0.1) is 5.75 Å². The number of ether oxygens (including phenoxy) is 1. The van der Waals surface area contributed by atoms with E-state index in [9.17, 15) is 18.1 Å². The van der Waals surface area contributed by atoms with Crippen LogP contribution in [-0.2, 0) is 16.5 Å². The summed E-state index contributed by atoms with van der Waals surface area (Å²) in [4.78, 5) is -0.319. The molecule has 0 atom stereocenters. The molecule has 0 aliphatic carbocycles. The van der Waals surface area contributed by atoms with Gasteiger partial charge in [-0.2, -0.15) is 8.42 Å². The maximum absolute atomic E-state index is 12.2. The Kier molecular flexibility index (Phi) is 10.4. The molecule has 0 heterocycles. The third kappa shape index (κ3) is 6.96. The molecule has 0 bridgehead atoms. The number of para-hydroxylation sites is 1. The first-order chi connectivity index (χ1) is 11.9. The van der Waals surface area contributed by atoms with Crippen molar-refractivity contribution in [3.8, 4) is 17.2 Å². The van der Waals surface area contributed by atoms with E-state index in [0.717, 1.165) is 25.7 Å². The van der Waals surface area contributed by atoms with E-state index >= 15 is 0 Å². The van der Waals surface area contributed by atoms with E-state index in [4.69, 9.17) is 4.74 Å². The molecule has 0 saturated heterocycles. The van der Waals surface area contributed by atoms with Crippen LogP contribution in [0.25, 0.3) is 0 Å². The molecule has 136 valence electrons. The quantitative estimate of drug-likeness (QED) is 0.388. The van der Waals surface area contributed by atoms with Crippen LogP contribution in [0, 0.1) is 0 Å². The summed E-state index contributed by atoms with van der Waals surface area (Å²) in [5, 5.41) is 12.2. The van der Waals surface area contributed by atoms with E-state index in [1.165, 1.54) is 30.7 Å². The summed E-state index contributed by atoms with van der Waals surface area (Å²) in [6.07, 6.45) is 5.92. The molecule has 2 rings (SSSR count). The third-order valence-electron chi connectivity index (χ3n) is 3.97. The van der Waals surface area contributed by atoms with E-state index < -0.39 is 10.1 Å². The van der Waals surface area contributed by atoms with E-state index in [0.29, 0.717) is 17.7 Å². The van der Waals surface area contributed by atoms with Crippen LogP contribution < -0.4 is 61.2 Å². The summed E-state index contributed by atoms with van der Waals surface area (Å²) in [6, 6.07) is 10.5. The minimum absolute atomic E-state index is 0. The van der Waals surface area contributed by atoms with Gasteiger partial charge < -0.3 is 9.84 Å². The van der Waals surface area contributed by atoms with Gasteiger partial charge in [0.15, 0.2) is 0 Å². The Morgan fingerprint density at radius 3 is 2.31 bits per heavy atom. The van der Waals surface area contributed by atoms with Gasteiger partial charge in [-0.25, -0.2) is 0 Å². The molecule has 0 radical (unpaired) electrons. The maximum Gasteiger partial charge on any atom is 1.00 e. The van der Waals surface area contributed by atoms with Crippen LogP contribution in [0.2, 0.25) is 0 Å². The molecule has 1 N–H and O–H groups in total. The predicted molar refractivity (Wildman–Crippen MR) is 94.7 cm³/mol. The first-order valence-electron chi connectivity index (χ1n) is 8.46. The standard InChI is InChI=1S/C19H24O5S.K/c1-2-3-4-5-6-10-15-16(20)11-9-13-17(15)24-18-12-7-8-14-19(18)25(21,22)23;/h7-9,11-14,20H,2-6,10H2,1H3,(H,21,22,23);/q;+1/p-1. The van der Waals surface area contributed by atoms with Crippen LogP contribution in [0.15, 0.2) is 47.4 Å². The first kappa shape index (κ1) is 23.6. The summed E-state index contributed by atoms with van der Waals surface area (Å²) in [7, 11) is -4.41. The summed E-state index contributed by atoms with van der Waals surface area (Å²) < 4.78 is 38.0. The minimum atomic E-state index is -4.41. The Morgan fingerprint density at radius 1 is 0.962 bits per heavy atom. The van der Waals surface area contributed by atoms with Crippen molar-refractivity contribution in [3.05, 3.63) is 48.0 Å². The zero-order valence-electron chi connectivity index (χ0n) is 15.3. The smallest absolute Gasteiger partial charge is 0.872 e. The molecule has 0 amide bonds. The summed E-state index contributed by atoms with van der Waals surface area (Å²) in [5.74, 6) is 0.208. The normalized spacial score (nSPS) is 11.0. The van der Waals surface area contributed by atoms with Crippen molar-refractivity contribution in [2.24, 2.45) is 0 Å². The maximum atomic E-state index is 12.2. The van der Waals surface area contributed by atoms with Crippen molar-refractivity contribution in [3.63, 3.8) is 0 Å². The number of benzene rings is 2. The first-order valence-corrected chi connectivity index (χ1v) is 9.90. The fourth-order valence-corrected chi connectivity index (χ4v) is 3.27. The van der Waals surface area contributed by atoms with Crippen molar-refractivity contribution in [1.82, 2.24) is 0 Å². The van der Waals surface area contributed by atoms with Crippen LogP contribution in [0.5, 0.6) is 17.2 Å². The minimum Gasteiger partial charge on any atom is -0.872 e. The van der Waals surface area contributed by atoms with Gasteiger partial charge in [0.25, 0.3) is 10.1 Å². The summed E-state index contributed by atoms with van der Waals surface area (Å²) in [6.45, 7) is 2.14. The molecule has 0 aliphatic rings. The third-order valence-corrected chi connectivity index (χ3v) is 4.86. The van der Waals surface area contributed by atoms with E-state index in [-0.39, 0.29) is 67.8 Å². The number of unbranched alkanes of at least 4 members (excludes halogenated alkanes) is 4. The molecular formula is C19H23KO5S. The second kappa shape index (κ2) is 11.4. The molecule has 0 spiro atoms. The fraction of sp³-hybridized carbons (Fsp3) is 0.368. The average molecular weight is 403 g/mol. The molecule has 0 aliphatic heterocycles. The van der Waals surface area contributed by atoms with Gasteiger partial charge in [-0.1, -0.05) is 56.9 Å². The van der Waals surface area contributed by atoms with Crippen LogP contribution in [0.3, 0.4) is 0 Å². The van der Waals surface area contributed by atoms with Crippen molar-refractivity contribution < 1.29 is 74.2 Å². The van der Waals surface area contributed by atoms with Gasteiger partial charge in [0.2, 0.25) is 0 Å². The van der Waals surface area contributed by atoms with Crippen molar-refractivity contribution in [2.45, 2.75) is 50.3 Å². The monoisotopic (exact) mass is 402 g/mol. The Balaban J connectivity index is 0.00000338. The molecular weight excluding hydrogens is 379 g/mol. The molecule has 26 heavy (non-hydrogen) atoms. The number of rotatable bonds is 9. The van der Waals surface area contributed by atoms with E-state index in [1.54, 1.807) is 18.2 Å². The van der Waals surface area contributed by atoms with Crippen molar-refractivity contribution in [2.75, 3.05) is 0 Å². The van der Waals surface area contributed by atoms with Gasteiger partial charge >= 0.3 is 51.4 Å². The average Bonchev–Trinajstić information content (AvgIpc) is 2.56. The van der Waals surface area contributed by atoms with E-state index in [2.05, 4.69) is 6.92 Å². The topological polar surface area (TPSA) is 86.7 Å². The van der Waals surface area contributed by atoms with Gasteiger partial charge in [0, 0.05) is 0 Å². The SMILES string of the molecule is CCCCCCCc1c([O-])cccc1Oc1ccccc1S(=O)(=O)O.[K+]. The second-order valence-electron chi connectivity index (χ2n) is 5.92. The van der Waals surface area contributed by atoms with Gasteiger partial charge in [0.1, 0.15) is 16.4 Å². The number of hydrogen-bond donors (Lipinski definition) is 1.